The van der Waals surface area contributed by atoms with Crippen molar-refractivity contribution >= 4 is 12.0 Å². The van der Waals surface area contributed by atoms with Crippen LogP contribution in [0.2, 0.25) is 0 Å². The predicted octanol–water partition coefficient (Wildman–Crippen LogP) is 3.53. The summed E-state index contributed by atoms with van der Waals surface area (Å²) in [5.74, 6) is -1.35. The maximum atomic E-state index is 14.1. The van der Waals surface area contributed by atoms with Crippen LogP contribution < -0.4 is 5.32 Å². The van der Waals surface area contributed by atoms with Crippen molar-refractivity contribution in [3.63, 3.8) is 0 Å². The van der Waals surface area contributed by atoms with Crippen molar-refractivity contribution in [2.24, 2.45) is 0 Å². The molecule has 0 aliphatic carbocycles. The van der Waals surface area contributed by atoms with Gasteiger partial charge in [0, 0.05) is 17.5 Å². The van der Waals surface area contributed by atoms with E-state index in [0.717, 1.165) is 11.1 Å². The summed E-state index contributed by atoms with van der Waals surface area (Å²) in [5.41, 5.74) is 0.544. The fraction of sp³-hybridized carbons (Fsp3) is 0.316. The van der Waals surface area contributed by atoms with Gasteiger partial charge in [-0.2, -0.15) is 0 Å². The number of amides is 2. The van der Waals surface area contributed by atoms with E-state index in [2.05, 4.69) is 10.3 Å². The molecule has 2 amide bonds. The summed E-state index contributed by atoms with van der Waals surface area (Å²) in [4.78, 5) is 28.0. The van der Waals surface area contributed by atoms with Crippen LogP contribution in [0.4, 0.5) is 22.4 Å². The number of halogens is 4. The Hall–Kier alpha value is -3.17. The van der Waals surface area contributed by atoms with Crippen LogP contribution in [-0.4, -0.2) is 45.7 Å². The fourth-order valence-corrected chi connectivity index (χ4v) is 3.15. The Bertz CT molecular complexity index is 908. The van der Waals surface area contributed by atoms with Gasteiger partial charge in [-0.1, -0.05) is 24.3 Å². The monoisotopic (exact) mass is 411 g/mol. The van der Waals surface area contributed by atoms with E-state index in [-0.39, 0.29) is 36.3 Å². The molecule has 3 rings (SSSR count). The van der Waals surface area contributed by atoms with Crippen molar-refractivity contribution < 1.29 is 32.3 Å². The molecule has 10 heteroatoms. The zero-order valence-electron chi connectivity index (χ0n) is 15.0. The second kappa shape index (κ2) is 8.46. The van der Waals surface area contributed by atoms with E-state index in [4.69, 9.17) is 5.11 Å². The molecule has 0 radical (unpaired) electrons. The maximum Gasteiger partial charge on any atom is 0.408 e. The number of carbonyl (C=O) groups is 2. The summed E-state index contributed by atoms with van der Waals surface area (Å²) >= 11 is 0. The molecule has 1 aromatic heterocycles. The zero-order chi connectivity index (χ0) is 21.1. The highest BCUT2D eigenvalue weighted by Gasteiger charge is 2.39. The molecule has 1 aliphatic heterocycles. The highest BCUT2D eigenvalue weighted by molar-refractivity contribution is 5.86. The number of rotatable bonds is 5. The Balaban J connectivity index is 1.71. The molecular weight excluding hydrogens is 394 g/mol. The lowest BCUT2D eigenvalue weighted by Gasteiger charge is -2.20. The van der Waals surface area contributed by atoms with Crippen molar-refractivity contribution in [1.29, 1.82) is 0 Å². The van der Waals surface area contributed by atoms with E-state index in [1.807, 2.05) is 0 Å². The summed E-state index contributed by atoms with van der Waals surface area (Å²) in [7, 11) is 0. The van der Waals surface area contributed by atoms with E-state index in [9.17, 15) is 27.2 Å². The van der Waals surface area contributed by atoms with Crippen molar-refractivity contribution in [3.8, 4) is 11.1 Å². The van der Waals surface area contributed by atoms with Gasteiger partial charge in [-0.15, -0.1) is 0 Å². The molecule has 2 heterocycles. The molecule has 1 saturated heterocycles. The third-order valence-electron chi connectivity index (χ3n) is 4.63. The molecule has 2 atom stereocenters. The molecule has 2 aromatic rings. The van der Waals surface area contributed by atoms with E-state index >= 15 is 0 Å². The van der Waals surface area contributed by atoms with Crippen LogP contribution in [0.25, 0.3) is 11.1 Å². The van der Waals surface area contributed by atoms with Crippen molar-refractivity contribution in [2.75, 3.05) is 6.54 Å². The first-order valence-corrected chi connectivity index (χ1v) is 8.70. The Morgan fingerprint density at radius 1 is 1.28 bits per heavy atom. The van der Waals surface area contributed by atoms with Crippen LogP contribution in [0.3, 0.4) is 0 Å². The quantitative estimate of drug-likeness (QED) is 0.738. The lowest BCUT2D eigenvalue weighted by Crippen LogP contribution is -2.45. The van der Waals surface area contributed by atoms with Gasteiger partial charge in [-0.05, 0) is 11.6 Å². The van der Waals surface area contributed by atoms with Crippen LogP contribution >= 0.6 is 0 Å². The molecular formula is C19H17F4N3O3. The average molecular weight is 411 g/mol. The third kappa shape index (κ3) is 4.64. The first kappa shape index (κ1) is 20.6. The summed E-state index contributed by atoms with van der Waals surface area (Å²) < 4.78 is 52.9. The number of alkyl halides is 3. The fourth-order valence-electron chi connectivity index (χ4n) is 3.15. The molecule has 0 saturated carbocycles. The highest BCUT2D eigenvalue weighted by atomic mass is 19.3. The third-order valence-corrected chi connectivity index (χ3v) is 4.63. The van der Waals surface area contributed by atoms with E-state index in [1.165, 1.54) is 30.3 Å². The van der Waals surface area contributed by atoms with E-state index in [1.54, 1.807) is 0 Å². The van der Waals surface area contributed by atoms with Crippen LogP contribution in [0.15, 0.2) is 36.5 Å². The molecule has 2 N–H and O–H groups in total. The standard InChI is InChI=1S/C19H17F4N3O3/c20-12-5-16(26(9-12)19(28)29)18(27)25-7-13-6-14(15(21)8-24-13)10-1-3-11(4-2-10)17(22)23/h1-4,6,8,12,16-17H,5,7,9H2,(H,25,27)(H,28,29)/t12-,16+/m1/s1. The number of carboxylic acid groups (broad SMARTS) is 1. The van der Waals surface area contributed by atoms with Crippen LogP contribution in [0, 0.1) is 5.82 Å². The Morgan fingerprint density at radius 2 is 1.97 bits per heavy atom. The largest absolute Gasteiger partial charge is 0.465 e. The summed E-state index contributed by atoms with van der Waals surface area (Å²) in [6, 6.07) is 5.29. The Labute approximate surface area is 163 Å². The van der Waals surface area contributed by atoms with Gasteiger partial charge < -0.3 is 10.4 Å². The van der Waals surface area contributed by atoms with Gasteiger partial charge in [-0.25, -0.2) is 22.4 Å². The normalized spacial score (nSPS) is 18.9. The molecule has 1 fully saturated rings. The second-order valence-electron chi connectivity index (χ2n) is 6.58. The highest BCUT2D eigenvalue weighted by Crippen LogP contribution is 2.26. The predicted molar refractivity (Wildman–Crippen MR) is 94.5 cm³/mol. The van der Waals surface area contributed by atoms with Crippen LogP contribution in [0.5, 0.6) is 0 Å². The number of nitrogens with zero attached hydrogens (tertiary/aromatic N) is 2. The molecule has 6 nitrogen and oxygen atoms in total. The average Bonchev–Trinajstić information content (AvgIpc) is 3.09. The minimum Gasteiger partial charge on any atom is -0.465 e. The lowest BCUT2D eigenvalue weighted by molar-refractivity contribution is -0.125. The molecule has 0 unspecified atom stereocenters. The molecule has 154 valence electrons. The van der Waals surface area contributed by atoms with Crippen molar-refractivity contribution in [1.82, 2.24) is 15.2 Å². The summed E-state index contributed by atoms with van der Waals surface area (Å²) in [6.07, 6.45) is -4.75. The van der Waals surface area contributed by atoms with Gasteiger partial charge in [-0.3, -0.25) is 14.7 Å². The maximum absolute atomic E-state index is 14.1. The molecule has 0 spiro atoms. The number of likely N-dealkylation sites (tertiary alicyclic amines) is 1. The summed E-state index contributed by atoms with van der Waals surface area (Å²) in [6.45, 7) is -0.511. The van der Waals surface area contributed by atoms with Crippen LogP contribution in [-0.2, 0) is 11.3 Å². The van der Waals surface area contributed by atoms with E-state index in [0.29, 0.717) is 5.56 Å². The minimum absolute atomic E-state index is 0.113. The van der Waals surface area contributed by atoms with Crippen molar-refractivity contribution in [2.45, 2.75) is 31.6 Å². The smallest absolute Gasteiger partial charge is 0.408 e. The Kier molecular flexibility index (Phi) is 6.00. The first-order valence-electron chi connectivity index (χ1n) is 8.70. The van der Waals surface area contributed by atoms with E-state index < -0.39 is 36.5 Å². The SMILES string of the molecule is O=C(NCc1cc(-c2ccc(C(F)F)cc2)c(F)cn1)[C@@H]1C[C@@H](F)CN1C(=O)O. The number of hydrogen-bond donors (Lipinski definition) is 2. The number of hydrogen-bond acceptors (Lipinski definition) is 3. The Morgan fingerprint density at radius 3 is 2.59 bits per heavy atom. The minimum atomic E-state index is -2.64. The zero-order valence-corrected chi connectivity index (χ0v) is 15.0. The van der Waals surface area contributed by atoms with Gasteiger partial charge in [0.05, 0.1) is 25.0 Å². The first-order chi connectivity index (χ1) is 13.8. The molecule has 29 heavy (non-hydrogen) atoms. The lowest BCUT2D eigenvalue weighted by atomic mass is 10.0. The number of carbonyl (C=O) groups excluding carboxylic acids is 1. The number of pyridine rings is 1. The van der Waals surface area contributed by atoms with Gasteiger partial charge in [0.25, 0.3) is 6.43 Å². The number of benzene rings is 1. The van der Waals surface area contributed by atoms with Crippen molar-refractivity contribution in [3.05, 3.63) is 53.6 Å². The molecule has 0 bridgehead atoms. The second-order valence-corrected chi connectivity index (χ2v) is 6.58. The number of aromatic nitrogens is 1. The van der Waals surface area contributed by atoms with Gasteiger partial charge >= 0.3 is 6.09 Å². The number of nitrogens with one attached hydrogen (secondary N) is 1. The molecule has 1 aromatic carbocycles. The topological polar surface area (TPSA) is 82.5 Å². The van der Waals surface area contributed by atoms with Gasteiger partial charge in [0.2, 0.25) is 5.91 Å². The molecule has 1 aliphatic rings. The van der Waals surface area contributed by atoms with Gasteiger partial charge in [0.15, 0.2) is 0 Å². The van der Waals surface area contributed by atoms with Gasteiger partial charge in [0.1, 0.15) is 18.0 Å². The van der Waals surface area contributed by atoms with Crippen LogP contribution in [0.1, 0.15) is 24.1 Å². The summed E-state index contributed by atoms with van der Waals surface area (Å²) in [5, 5.41) is 11.5.